The second-order valence-electron chi connectivity index (χ2n) is 7.24. The van der Waals surface area contributed by atoms with Gasteiger partial charge in [-0.25, -0.2) is 9.97 Å². The summed E-state index contributed by atoms with van der Waals surface area (Å²) < 4.78 is 5.56. The van der Waals surface area contributed by atoms with Gasteiger partial charge in [0, 0.05) is 35.1 Å². The lowest BCUT2D eigenvalue weighted by molar-refractivity contribution is 0.416. The van der Waals surface area contributed by atoms with Gasteiger partial charge in [-0.1, -0.05) is 30.3 Å². The highest BCUT2D eigenvalue weighted by Gasteiger charge is 2.13. The van der Waals surface area contributed by atoms with Crippen molar-refractivity contribution in [2.45, 2.75) is 6.54 Å². The van der Waals surface area contributed by atoms with Gasteiger partial charge in [-0.3, -0.25) is 9.97 Å². The highest BCUT2D eigenvalue weighted by atomic mass is 16.5. The molecule has 0 aliphatic heterocycles. The minimum atomic E-state index is 0.554. The van der Waals surface area contributed by atoms with Gasteiger partial charge in [0.05, 0.1) is 24.9 Å². The SMILES string of the molecule is COc1ccccc1-c1ccc2nc(-c3cccnc3)nc(NCc3ccccn3)c2c1. The van der Waals surface area contributed by atoms with Crippen molar-refractivity contribution in [3.8, 4) is 28.3 Å². The van der Waals surface area contributed by atoms with Gasteiger partial charge in [0.2, 0.25) is 0 Å². The summed E-state index contributed by atoms with van der Waals surface area (Å²) in [4.78, 5) is 18.3. The smallest absolute Gasteiger partial charge is 0.163 e. The molecule has 0 bridgehead atoms. The molecule has 5 aromatic rings. The molecule has 0 amide bonds. The molecule has 3 heterocycles. The molecule has 5 rings (SSSR count). The van der Waals surface area contributed by atoms with E-state index >= 15 is 0 Å². The summed E-state index contributed by atoms with van der Waals surface area (Å²) >= 11 is 0. The van der Waals surface area contributed by atoms with E-state index in [0.717, 1.165) is 44.9 Å². The molecule has 6 nitrogen and oxygen atoms in total. The Morgan fingerprint density at radius 1 is 0.844 bits per heavy atom. The maximum absolute atomic E-state index is 5.56. The second-order valence-corrected chi connectivity index (χ2v) is 7.24. The van der Waals surface area contributed by atoms with Crippen molar-refractivity contribution in [3.63, 3.8) is 0 Å². The second kappa shape index (κ2) is 8.81. The zero-order valence-electron chi connectivity index (χ0n) is 17.6. The molecule has 0 fully saturated rings. The number of para-hydroxylation sites is 1. The summed E-state index contributed by atoms with van der Waals surface area (Å²) in [6, 6.07) is 23.9. The fourth-order valence-electron chi connectivity index (χ4n) is 3.61. The van der Waals surface area contributed by atoms with Gasteiger partial charge in [-0.15, -0.1) is 0 Å². The van der Waals surface area contributed by atoms with Crippen LogP contribution in [0.2, 0.25) is 0 Å². The molecule has 0 radical (unpaired) electrons. The molecular formula is C26H21N5O. The molecular weight excluding hydrogens is 398 g/mol. The van der Waals surface area contributed by atoms with E-state index in [0.29, 0.717) is 12.4 Å². The molecule has 1 N–H and O–H groups in total. The average molecular weight is 419 g/mol. The Labute approximate surface area is 186 Å². The third-order valence-electron chi connectivity index (χ3n) is 5.20. The summed E-state index contributed by atoms with van der Waals surface area (Å²) in [5, 5.41) is 4.38. The van der Waals surface area contributed by atoms with Crippen molar-refractivity contribution >= 4 is 16.7 Å². The number of hydrogen-bond acceptors (Lipinski definition) is 6. The molecule has 0 aliphatic rings. The van der Waals surface area contributed by atoms with E-state index in [2.05, 4.69) is 27.4 Å². The third kappa shape index (κ3) is 3.98. The van der Waals surface area contributed by atoms with Gasteiger partial charge >= 0.3 is 0 Å². The summed E-state index contributed by atoms with van der Waals surface area (Å²) in [6.07, 6.45) is 5.30. The van der Waals surface area contributed by atoms with Crippen LogP contribution >= 0.6 is 0 Å². The lowest BCUT2D eigenvalue weighted by Gasteiger charge is -2.13. The molecule has 0 saturated heterocycles. The summed E-state index contributed by atoms with van der Waals surface area (Å²) in [6.45, 7) is 0.554. The van der Waals surface area contributed by atoms with Crippen molar-refractivity contribution in [1.29, 1.82) is 0 Å². The number of methoxy groups -OCH3 is 1. The van der Waals surface area contributed by atoms with Crippen LogP contribution in [0.3, 0.4) is 0 Å². The van der Waals surface area contributed by atoms with Gasteiger partial charge < -0.3 is 10.1 Å². The Balaban J connectivity index is 1.63. The third-order valence-corrected chi connectivity index (χ3v) is 5.20. The van der Waals surface area contributed by atoms with Gasteiger partial charge in [0.1, 0.15) is 11.6 Å². The zero-order chi connectivity index (χ0) is 21.8. The molecule has 2 aromatic carbocycles. The fraction of sp³-hybridized carbons (Fsp3) is 0.0769. The maximum Gasteiger partial charge on any atom is 0.163 e. The first-order valence-corrected chi connectivity index (χ1v) is 10.3. The average Bonchev–Trinajstić information content (AvgIpc) is 2.88. The van der Waals surface area contributed by atoms with Crippen LogP contribution in [0, 0.1) is 0 Å². The van der Waals surface area contributed by atoms with Crippen LogP contribution in [0.5, 0.6) is 5.75 Å². The Morgan fingerprint density at radius 2 is 1.75 bits per heavy atom. The number of nitrogens with zero attached hydrogens (tertiary/aromatic N) is 4. The zero-order valence-corrected chi connectivity index (χ0v) is 17.6. The van der Waals surface area contributed by atoms with E-state index in [9.17, 15) is 0 Å². The number of nitrogens with one attached hydrogen (secondary N) is 1. The maximum atomic E-state index is 5.56. The minimum absolute atomic E-state index is 0.554. The van der Waals surface area contributed by atoms with E-state index in [1.165, 1.54) is 0 Å². The van der Waals surface area contributed by atoms with E-state index in [4.69, 9.17) is 14.7 Å². The first-order chi connectivity index (χ1) is 15.8. The monoisotopic (exact) mass is 419 g/mol. The minimum Gasteiger partial charge on any atom is -0.496 e. The van der Waals surface area contributed by atoms with E-state index in [-0.39, 0.29) is 0 Å². The first-order valence-electron chi connectivity index (χ1n) is 10.3. The summed E-state index contributed by atoms with van der Waals surface area (Å²) in [7, 11) is 1.68. The quantitative estimate of drug-likeness (QED) is 0.399. The Hall–Kier alpha value is -4.32. The normalized spacial score (nSPS) is 10.8. The van der Waals surface area contributed by atoms with Crippen LogP contribution in [0.1, 0.15) is 5.69 Å². The van der Waals surface area contributed by atoms with Crippen LogP contribution < -0.4 is 10.1 Å². The number of fused-ring (bicyclic) bond motifs is 1. The molecule has 0 unspecified atom stereocenters. The van der Waals surface area contributed by atoms with Gasteiger partial charge in [0.25, 0.3) is 0 Å². The molecule has 0 spiro atoms. The molecule has 0 saturated carbocycles. The van der Waals surface area contributed by atoms with Crippen LogP contribution in [0.4, 0.5) is 5.82 Å². The number of pyridine rings is 2. The number of ether oxygens (including phenoxy) is 1. The predicted molar refractivity (Wildman–Crippen MR) is 126 cm³/mol. The topological polar surface area (TPSA) is 72.8 Å². The standard InChI is InChI=1S/C26H21N5O/c1-32-24-10-3-2-9-21(24)18-11-12-23-22(15-18)26(29-17-20-8-4-5-14-28-20)31-25(30-23)19-7-6-13-27-16-19/h2-16H,17H2,1H3,(H,29,30,31). The highest BCUT2D eigenvalue weighted by molar-refractivity contribution is 5.94. The highest BCUT2D eigenvalue weighted by Crippen LogP contribution is 2.34. The molecule has 0 aliphatic carbocycles. The van der Waals surface area contributed by atoms with Crippen LogP contribution in [-0.2, 0) is 6.54 Å². The molecule has 6 heteroatoms. The molecule has 0 atom stereocenters. The van der Waals surface area contributed by atoms with Crippen LogP contribution in [-0.4, -0.2) is 27.0 Å². The summed E-state index contributed by atoms with van der Waals surface area (Å²) in [5.41, 5.74) is 4.70. The van der Waals surface area contributed by atoms with Crippen molar-refractivity contribution in [2.24, 2.45) is 0 Å². The first kappa shape index (κ1) is 19.6. The van der Waals surface area contributed by atoms with Gasteiger partial charge in [0.15, 0.2) is 5.82 Å². The number of anilines is 1. The van der Waals surface area contributed by atoms with Crippen molar-refractivity contribution < 1.29 is 4.74 Å². The van der Waals surface area contributed by atoms with Crippen molar-refractivity contribution in [3.05, 3.63) is 97.1 Å². The van der Waals surface area contributed by atoms with E-state index < -0.39 is 0 Å². The van der Waals surface area contributed by atoms with Crippen LogP contribution in [0.15, 0.2) is 91.4 Å². The molecule has 3 aromatic heterocycles. The van der Waals surface area contributed by atoms with E-state index in [1.807, 2.05) is 60.7 Å². The number of benzene rings is 2. The molecule has 32 heavy (non-hydrogen) atoms. The van der Waals surface area contributed by atoms with Gasteiger partial charge in [-0.05, 0) is 48.0 Å². The molecule has 156 valence electrons. The number of hydrogen-bond donors (Lipinski definition) is 1. The number of rotatable bonds is 6. The predicted octanol–water partition coefficient (Wildman–Crippen LogP) is 5.37. The lowest BCUT2D eigenvalue weighted by atomic mass is 10.0. The Kier molecular flexibility index (Phi) is 5.41. The van der Waals surface area contributed by atoms with Crippen molar-refractivity contribution in [2.75, 3.05) is 12.4 Å². The Bertz CT molecular complexity index is 1360. The lowest BCUT2D eigenvalue weighted by Crippen LogP contribution is -2.05. The summed E-state index contributed by atoms with van der Waals surface area (Å²) in [5.74, 6) is 2.19. The van der Waals surface area contributed by atoms with Gasteiger partial charge in [-0.2, -0.15) is 0 Å². The van der Waals surface area contributed by atoms with Crippen LogP contribution in [0.25, 0.3) is 33.4 Å². The van der Waals surface area contributed by atoms with Crippen molar-refractivity contribution in [1.82, 2.24) is 19.9 Å². The number of aromatic nitrogens is 4. The largest absolute Gasteiger partial charge is 0.496 e. The van der Waals surface area contributed by atoms with E-state index in [1.54, 1.807) is 25.7 Å². The Morgan fingerprint density at radius 3 is 2.56 bits per heavy atom. The fourth-order valence-corrected chi connectivity index (χ4v) is 3.61.